The molecule has 204 valence electrons. The van der Waals surface area contributed by atoms with Crippen LogP contribution in [0.25, 0.3) is 6.08 Å². The van der Waals surface area contributed by atoms with Crippen molar-refractivity contribution in [3.63, 3.8) is 0 Å². The number of nitro benzene ring substituents is 1. The Morgan fingerprint density at radius 2 is 1.56 bits per heavy atom. The summed E-state index contributed by atoms with van der Waals surface area (Å²) in [5.74, 6) is 2.59. The fourth-order valence-corrected chi connectivity index (χ4v) is 4.53. The Kier molecular flexibility index (Phi) is 8.55. The highest BCUT2D eigenvalue weighted by molar-refractivity contribution is 5.92. The van der Waals surface area contributed by atoms with Crippen LogP contribution in [-0.2, 0) is 11.2 Å². The second-order valence-corrected chi connectivity index (χ2v) is 8.71. The summed E-state index contributed by atoms with van der Waals surface area (Å²) in [4.78, 5) is 25.8. The number of ether oxygens (including phenoxy) is 5. The van der Waals surface area contributed by atoms with E-state index >= 15 is 0 Å². The SMILES string of the molecule is COc1ccc(/C=C/C(=O)N2CCc3cc(OC)c(OC)cc3[C@H]2COc2ccc([N+](=O)[O-])cc2)cc1OC. The highest BCUT2D eigenvalue weighted by Gasteiger charge is 2.32. The van der Waals surface area contributed by atoms with Crippen molar-refractivity contribution in [3.8, 4) is 28.7 Å². The van der Waals surface area contributed by atoms with E-state index in [1.54, 1.807) is 63.7 Å². The molecule has 3 aromatic carbocycles. The summed E-state index contributed by atoms with van der Waals surface area (Å²) in [5, 5.41) is 11.0. The van der Waals surface area contributed by atoms with Gasteiger partial charge in [-0.05, 0) is 65.6 Å². The van der Waals surface area contributed by atoms with Gasteiger partial charge in [0.2, 0.25) is 5.91 Å². The van der Waals surface area contributed by atoms with Crippen molar-refractivity contribution in [1.29, 1.82) is 0 Å². The third-order valence-electron chi connectivity index (χ3n) is 6.57. The molecule has 1 aliphatic heterocycles. The molecule has 10 nitrogen and oxygen atoms in total. The third kappa shape index (κ3) is 6.06. The predicted molar refractivity (Wildman–Crippen MR) is 145 cm³/mol. The average molecular weight is 535 g/mol. The number of benzene rings is 3. The van der Waals surface area contributed by atoms with Crippen LogP contribution in [0.1, 0.15) is 22.7 Å². The smallest absolute Gasteiger partial charge is 0.269 e. The molecular formula is C29H30N2O8. The normalized spacial score (nSPS) is 14.5. The second-order valence-electron chi connectivity index (χ2n) is 8.71. The molecule has 1 amide bonds. The minimum Gasteiger partial charge on any atom is -0.493 e. The Morgan fingerprint density at radius 1 is 0.923 bits per heavy atom. The largest absolute Gasteiger partial charge is 0.493 e. The van der Waals surface area contributed by atoms with Gasteiger partial charge >= 0.3 is 0 Å². The van der Waals surface area contributed by atoms with Crippen LogP contribution in [0.4, 0.5) is 5.69 Å². The lowest BCUT2D eigenvalue weighted by atomic mass is 9.92. The van der Waals surface area contributed by atoms with E-state index in [-0.39, 0.29) is 18.2 Å². The highest BCUT2D eigenvalue weighted by atomic mass is 16.6. The third-order valence-corrected chi connectivity index (χ3v) is 6.57. The summed E-state index contributed by atoms with van der Waals surface area (Å²) in [5.41, 5.74) is 2.66. The molecular weight excluding hydrogens is 504 g/mol. The van der Waals surface area contributed by atoms with Crippen molar-refractivity contribution in [1.82, 2.24) is 4.90 Å². The Morgan fingerprint density at radius 3 is 2.21 bits per heavy atom. The lowest BCUT2D eigenvalue weighted by molar-refractivity contribution is -0.384. The molecule has 3 aromatic rings. The zero-order valence-corrected chi connectivity index (χ0v) is 22.2. The van der Waals surface area contributed by atoms with Crippen molar-refractivity contribution in [2.75, 3.05) is 41.6 Å². The molecule has 0 saturated carbocycles. The van der Waals surface area contributed by atoms with Gasteiger partial charge in [0.1, 0.15) is 12.4 Å². The molecule has 0 unspecified atom stereocenters. The van der Waals surface area contributed by atoms with Crippen LogP contribution in [0.5, 0.6) is 28.7 Å². The summed E-state index contributed by atoms with van der Waals surface area (Å²) in [6, 6.07) is 14.6. The number of rotatable bonds is 10. The van der Waals surface area contributed by atoms with E-state index in [2.05, 4.69) is 0 Å². The number of nitro groups is 1. The second kappa shape index (κ2) is 12.2. The summed E-state index contributed by atoms with van der Waals surface area (Å²) < 4.78 is 27.7. The molecule has 0 radical (unpaired) electrons. The predicted octanol–water partition coefficient (Wildman–Crippen LogP) is 4.85. The number of fused-ring (bicyclic) bond motifs is 1. The summed E-state index contributed by atoms with van der Waals surface area (Å²) in [6.07, 6.45) is 3.87. The zero-order chi connectivity index (χ0) is 27.9. The fraction of sp³-hybridized carbons (Fsp3) is 0.276. The maximum Gasteiger partial charge on any atom is 0.269 e. The van der Waals surface area contributed by atoms with Crippen LogP contribution in [0.2, 0.25) is 0 Å². The van der Waals surface area contributed by atoms with Crippen molar-refractivity contribution in [2.45, 2.75) is 12.5 Å². The quantitative estimate of drug-likeness (QED) is 0.206. The van der Waals surface area contributed by atoms with E-state index in [1.807, 2.05) is 18.2 Å². The number of carbonyl (C=O) groups excluding carboxylic acids is 1. The van der Waals surface area contributed by atoms with E-state index in [4.69, 9.17) is 23.7 Å². The molecule has 1 atom stereocenters. The zero-order valence-electron chi connectivity index (χ0n) is 22.2. The van der Waals surface area contributed by atoms with Crippen molar-refractivity contribution in [3.05, 3.63) is 87.5 Å². The molecule has 4 rings (SSSR count). The van der Waals surface area contributed by atoms with Crippen LogP contribution in [0, 0.1) is 10.1 Å². The number of nitrogens with zero attached hydrogens (tertiary/aromatic N) is 2. The fourth-order valence-electron chi connectivity index (χ4n) is 4.53. The van der Waals surface area contributed by atoms with Crippen molar-refractivity contribution < 1.29 is 33.4 Å². The Labute approximate surface area is 226 Å². The summed E-state index contributed by atoms with van der Waals surface area (Å²) in [6.45, 7) is 0.599. The monoisotopic (exact) mass is 534 g/mol. The molecule has 0 aromatic heterocycles. The number of methoxy groups -OCH3 is 4. The minimum absolute atomic E-state index is 0.0284. The first-order chi connectivity index (χ1) is 18.9. The molecule has 0 saturated heterocycles. The van der Waals surface area contributed by atoms with Gasteiger partial charge in [0.05, 0.1) is 39.4 Å². The van der Waals surface area contributed by atoms with Gasteiger partial charge in [-0.25, -0.2) is 0 Å². The van der Waals surface area contributed by atoms with Gasteiger partial charge in [0, 0.05) is 24.8 Å². The number of carbonyl (C=O) groups is 1. The summed E-state index contributed by atoms with van der Waals surface area (Å²) in [7, 11) is 6.26. The summed E-state index contributed by atoms with van der Waals surface area (Å²) >= 11 is 0. The molecule has 0 fully saturated rings. The Bertz CT molecular complexity index is 1370. The Hall–Kier alpha value is -4.73. The number of hydrogen-bond acceptors (Lipinski definition) is 8. The van der Waals surface area contributed by atoms with Crippen LogP contribution in [0.15, 0.2) is 60.7 Å². The molecule has 39 heavy (non-hydrogen) atoms. The molecule has 1 aliphatic rings. The molecule has 0 spiro atoms. The first kappa shape index (κ1) is 27.3. The van der Waals surface area contributed by atoms with Gasteiger partial charge in [-0.1, -0.05) is 6.07 Å². The molecule has 1 heterocycles. The standard InChI is InChI=1S/C29H30N2O8/c1-35-25-11-5-19(15-26(25)36-2)6-12-29(32)30-14-13-20-16-27(37-3)28(38-4)17-23(20)24(30)18-39-22-9-7-21(8-10-22)31(33)34/h5-12,15-17,24H,13-14,18H2,1-4H3/b12-6+/t24-/m1/s1. The van der Waals surface area contributed by atoms with Gasteiger partial charge in [0.15, 0.2) is 23.0 Å². The van der Waals surface area contributed by atoms with Gasteiger partial charge in [-0.2, -0.15) is 0 Å². The lowest BCUT2D eigenvalue weighted by Gasteiger charge is -2.37. The van der Waals surface area contributed by atoms with E-state index < -0.39 is 11.0 Å². The van der Waals surface area contributed by atoms with Gasteiger partial charge < -0.3 is 28.6 Å². The number of hydrogen-bond donors (Lipinski definition) is 0. The van der Waals surface area contributed by atoms with Crippen molar-refractivity contribution in [2.24, 2.45) is 0 Å². The van der Waals surface area contributed by atoms with Gasteiger partial charge in [-0.15, -0.1) is 0 Å². The van der Waals surface area contributed by atoms with E-state index in [0.717, 1.165) is 16.7 Å². The number of amides is 1. The maximum atomic E-state index is 13.5. The Balaban J connectivity index is 1.62. The average Bonchev–Trinajstić information content (AvgIpc) is 2.97. The first-order valence-corrected chi connectivity index (χ1v) is 12.2. The van der Waals surface area contributed by atoms with E-state index in [1.165, 1.54) is 18.2 Å². The first-order valence-electron chi connectivity index (χ1n) is 12.2. The van der Waals surface area contributed by atoms with Crippen LogP contribution >= 0.6 is 0 Å². The van der Waals surface area contributed by atoms with Gasteiger partial charge in [-0.3, -0.25) is 14.9 Å². The minimum atomic E-state index is -0.466. The topological polar surface area (TPSA) is 110 Å². The lowest BCUT2D eigenvalue weighted by Crippen LogP contribution is -2.41. The van der Waals surface area contributed by atoms with Gasteiger partial charge in [0.25, 0.3) is 5.69 Å². The maximum absolute atomic E-state index is 13.5. The van der Waals surface area contributed by atoms with E-state index in [9.17, 15) is 14.9 Å². The van der Waals surface area contributed by atoms with Crippen LogP contribution in [-0.4, -0.2) is 57.3 Å². The molecule has 0 N–H and O–H groups in total. The molecule has 0 aliphatic carbocycles. The van der Waals surface area contributed by atoms with Crippen LogP contribution in [0.3, 0.4) is 0 Å². The molecule has 0 bridgehead atoms. The van der Waals surface area contributed by atoms with Crippen LogP contribution < -0.4 is 23.7 Å². The molecule has 10 heteroatoms. The van der Waals surface area contributed by atoms with Crippen molar-refractivity contribution >= 4 is 17.7 Å². The van der Waals surface area contributed by atoms with E-state index in [0.29, 0.717) is 41.7 Å². The highest BCUT2D eigenvalue weighted by Crippen LogP contribution is 2.39. The number of non-ortho nitro benzene ring substituents is 1.